The summed E-state index contributed by atoms with van der Waals surface area (Å²) in [6, 6.07) is 15.7. The van der Waals surface area contributed by atoms with Gasteiger partial charge in [0.2, 0.25) is 0 Å². The number of benzene rings is 2. The number of para-hydroxylation sites is 1. The second-order valence-corrected chi connectivity index (χ2v) is 9.00. The smallest absolute Gasteiger partial charge is 0.341 e. The lowest BCUT2D eigenvalue weighted by molar-refractivity contribution is 0.0601. The zero-order valence-electron chi connectivity index (χ0n) is 18.7. The maximum absolute atomic E-state index is 13.6. The Bertz CT molecular complexity index is 1350. The Morgan fingerprint density at radius 3 is 2.28 bits per heavy atom. The standard InChI is InChI=1S/C26H24N2O3S/c1-14-10-12-18(13-11-14)23-16(3)21(19-8-6-7-9-20(19)27-23)24(29)28-25-22(26(30)31-5)15(2)17(4)32-25/h6-13H,1-5H3,(H,28,29). The highest BCUT2D eigenvalue weighted by Crippen LogP contribution is 2.35. The molecule has 4 rings (SSSR count). The summed E-state index contributed by atoms with van der Waals surface area (Å²) in [6.45, 7) is 7.73. The molecule has 1 amide bonds. The quantitative estimate of drug-likeness (QED) is 0.379. The number of carbonyl (C=O) groups excluding carboxylic acids is 2. The average Bonchev–Trinajstić information content (AvgIpc) is 3.06. The van der Waals surface area contributed by atoms with E-state index in [0.717, 1.165) is 43.7 Å². The Morgan fingerprint density at radius 1 is 0.906 bits per heavy atom. The number of anilines is 1. The molecule has 6 heteroatoms. The number of ether oxygens (including phenoxy) is 1. The third kappa shape index (κ3) is 3.78. The number of hydrogen-bond donors (Lipinski definition) is 1. The molecule has 0 aliphatic carbocycles. The van der Waals surface area contributed by atoms with Gasteiger partial charge in [-0.05, 0) is 44.9 Å². The molecule has 0 saturated heterocycles. The van der Waals surface area contributed by atoms with Crippen LogP contribution in [0.25, 0.3) is 22.2 Å². The molecule has 0 bridgehead atoms. The fourth-order valence-electron chi connectivity index (χ4n) is 3.82. The maximum atomic E-state index is 13.6. The second-order valence-electron chi connectivity index (χ2n) is 7.78. The first-order valence-corrected chi connectivity index (χ1v) is 11.1. The lowest BCUT2D eigenvalue weighted by atomic mass is 9.96. The van der Waals surface area contributed by atoms with Crippen molar-refractivity contribution in [2.75, 3.05) is 12.4 Å². The van der Waals surface area contributed by atoms with Gasteiger partial charge in [-0.1, -0.05) is 48.0 Å². The number of fused-ring (bicyclic) bond motifs is 1. The van der Waals surface area contributed by atoms with E-state index >= 15 is 0 Å². The van der Waals surface area contributed by atoms with Crippen LogP contribution in [0.5, 0.6) is 0 Å². The number of hydrogen-bond acceptors (Lipinski definition) is 5. The van der Waals surface area contributed by atoms with Crippen molar-refractivity contribution in [1.29, 1.82) is 0 Å². The van der Waals surface area contributed by atoms with Gasteiger partial charge in [0.15, 0.2) is 0 Å². The van der Waals surface area contributed by atoms with Crippen LogP contribution in [0, 0.1) is 27.7 Å². The van der Waals surface area contributed by atoms with Crippen molar-refractivity contribution in [3.05, 3.63) is 81.2 Å². The van der Waals surface area contributed by atoms with Crippen LogP contribution in [0.1, 0.15) is 42.3 Å². The predicted octanol–water partition coefficient (Wildman–Crippen LogP) is 6.24. The van der Waals surface area contributed by atoms with Crippen molar-refractivity contribution in [2.45, 2.75) is 27.7 Å². The molecule has 0 radical (unpaired) electrons. The molecule has 0 aliphatic heterocycles. The minimum absolute atomic E-state index is 0.277. The van der Waals surface area contributed by atoms with Crippen molar-refractivity contribution < 1.29 is 14.3 Å². The molecule has 0 atom stereocenters. The fourth-order valence-corrected chi connectivity index (χ4v) is 4.86. The molecule has 2 aromatic carbocycles. The van der Waals surface area contributed by atoms with Gasteiger partial charge in [0.05, 0.1) is 29.4 Å². The second kappa shape index (κ2) is 8.55. The van der Waals surface area contributed by atoms with Crippen LogP contribution in [0.3, 0.4) is 0 Å². The van der Waals surface area contributed by atoms with E-state index in [1.54, 1.807) is 0 Å². The number of thiophene rings is 1. The number of esters is 1. The zero-order chi connectivity index (χ0) is 23.0. The van der Waals surface area contributed by atoms with Gasteiger partial charge < -0.3 is 10.1 Å². The van der Waals surface area contributed by atoms with Gasteiger partial charge in [-0.25, -0.2) is 9.78 Å². The summed E-state index contributed by atoms with van der Waals surface area (Å²) in [5, 5.41) is 4.24. The number of nitrogens with one attached hydrogen (secondary N) is 1. The lowest BCUT2D eigenvalue weighted by Gasteiger charge is -2.15. The van der Waals surface area contributed by atoms with E-state index in [4.69, 9.17) is 9.72 Å². The number of methoxy groups -OCH3 is 1. The third-order valence-corrected chi connectivity index (χ3v) is 6.81. The first-order chi connectivity index (χ1) is 15.3. The van der Waals surface area contributed by atoms with Gasteiger partial charge in [-0.15, -0.1) is 11.3 Å². The van der Waals surface area contributed by atoms with Crippen LogP contribution in [0.4, 0.5) is 5.00 Å². The van der Waals surface area contributed by atoms with Crippen molar-refractivity contribution in [3.8, 4) is 11.3 Å². The molecule has 1 N–H and O–H groups in total. The Hall–Kier alpha value is -3.51. The number of aromatic nitrogens is 1. The zero-order valence-corrected chi connectivity index (χ0v) is 19.5. The van der Waals surface area contributed by atoms with Crippen molar-refractivity contribution in [2.24, 2.45) is 0 Å². The molecular weight excluding hydrogens is 420 g/mol. The van der Waals surface area contributed by atoms with Crippen LogP contribution in [0.2, 0.25) is 0 Å². The predicted molar refractivity (Wildman–Crippen MR) is 130 cm³/mol. The minimum Gasteiger partial charge on any atom is -0.465 e. The summed E-state index contributed by atoms with van der Waals surface area (Å²) < 4.78 is 4.95. The SMILES string of the molecule is COC(=O)c1c(NC(=O)c2c(C)c(-c3ccc(C)cc3)nc3ccccc23)sc(C)c1C. The van der Waals surface area contributed by atoms with Crippen LogP contribution in [0.15, 0.2) is 48.5 Å². The van der Waals surface area contributed by atoms with Gasteiger partial charge >= 0.3 is 5.97 Å². The topological polar surface area (TPSA) is 68.3 Å². The number of pyridine rings is 1. The van der Waals surface area contributed by atoms with Gasteiger partial charge in [-0.2, -0.15) is 0 Å². The molecule has 32 heavy (non-hydrogen) atoms. The first-order valence-electron chi connectivity index (χ1n) is 10.3. The largest absolute Gasteiger partial charge is 0.465 e. The fraction of sp³-hybridized carbons (Fsp3) is 0.192. The van der Waals surface area contributed by atoms with Crippen molar-refractivity contribution in [3.63, 3.8) is 0 Å². The number of amides is 1. The summed E-state index contributed by atoms with van der Waals surface area (Å²) >= 11 is 1.37. The monoisotopic (exact) mass is 444 g/mol. The van der Waals surface area contributed by atoms with Crippen LogP contribution in [-0.2, 0) is 4.74 Å². The molecule has 0 saturated carbocycles. The van der Waals surface area contributed by atoms with E-state index in [0.29, 0.717) is 16.1 Å². The Morgan fingerprint density at radius 2 is 1.59 bits per heavy atom. The summed E-state index contributed by atoms with van der Waals surface area (Å²) in [7, 11) is 1.34. The van der Waals surface area contributed by atoms with E-state index in [9.17, 15) is 9.59 Å². The van der Waals surface area contributed by atoms with Gasteiger partial charge in [-0.3, -0.25) is 4.79 Å². The summed E-state index contributed by atoms with van der Waals surface area (Å²) in [4.78, 5) is 31.7. The highest BCUT2D eigenvalue weighted by atomic mass is 32.1. The van der Waals surface area contributed by atoms with E-state index in [-0.39, 0.29) is 5.91 Å². The van der Waals surface area contributed by atoms with Crippen LogP contribution < -0.4 is 5.32 Å². The summed E-state index contributed by atoms with van der Waals surface area (Å²) in [5.41, 5.74) is 6.16. The van der Waals surface area contributed by atoms with Crippen molar-refractivity contribution in [1.82, 2.24) is 4.98 Å². The molecule has 5 nitrogen and oxygen atoms in total. The minimum atomic E-state index is -0.459. The molecule has 2 aromatic heterocycles. The van der Waals surface area contributed by atoms with E-state index < -0.39 is 5.97 Å². The Balaban J connectivity index is 1.87. The van der Waals surface area contributed by atoms with E-state index in [1.165, 1.54) is 18.4 Å². The molecule has 4 aromatic rings. The number of rotatable bonds is 4. The van der Waals surface area contributed by atoms with Gasteiger partial charge in [0.1, 0.15) is 5.00 Å². The maximum Gasteiger partial charge on any atom is 0.341 e. The van der Waals surface area contributed by atoms with Gasteiger partial charge in [0, 0.05) is 15.8 Å². The number of carbonyl (C=O) groups is 2. The first kappa shape index (κ1) is 21.7. The molecule has 0 spiro atoms. The molecule has 162 valence electrons. The molecule has 0 aliphatic rings. The normalized spacial score (nSPS) is 10.9. The number of aryl methyl sites for hydroxylation is 2. The molecule has 0 fully saturated rings. The average molecular weight is 445 g/mol. The Kier molecular flexibility index (Phi) is 5.80. The van der Waals surface area contributed by atoms with Gasteiger partial charge in [0.25, 0.3) is 5.91 Å². The summed E-state index contributed by atoms with van der Waals surface area (Å²) in [6.07, 6.45) is 0. The number of nitrogens with zero attached hydrogens (tertiary/aromatic N) is 1. The Labute approximate surface area is 191 Å². The van der Waals surface area contributed by atoms with E-state index in [2.05, 4.69) is 5.32 Å². The molecular formula is C26H24N2O3S. The summed E-state index contributed by atoms with van der Waals surface area (Å²) in [5.74, 6) is -0.736. The third-order valence-electron chi connectivity index (χ3n) is 5.69. The van der Waals surface area contributed by atoms with E-state index in [1.807, 2.05) is 76.2 Å². The molecule has 0 unspecified atom stereocenters. The van der Waals surface area contributed by atoms with Crippen LogP contribution in [-0.4, -0.2) is 24.0 Å². The highest BCUT2D eigenvalue weighted by Gasteiger charge is 2.24. The molecule has 2 heterocycles. The van der Waals surface area contributed by atoms with Crippen LogP contribution >= 0.6 is 11.3 Å². The van der Waals surface area contributed by atoms with Crippen molar-refractivity contribution >= 4 is 39.1 Å². The lowest BCUT2D eigenvalue weighted by Crippen LogP contribution is -2.17. The highest BCUT2D eigenvalue weighted by molar-refractivity contribution is 7.16.